The lowest BCUT2D eigenvalue weighted by molar-refractivity contribution is -0.137. The van der Waals surface area contributed by atoms with Crippen LogP contribution in [-0.4, -0.2) is 29.2 Å². The number of hydrogen-bond donors (Lipinski definition) is 1. The molecule has 2 aromatic carbocycles. The van der Waals surface area contributed by atoms with E-state index in [1.807, 2.05) is 18.2 Å². The van der Waals surface area contributed by atoms with Gasteiger partial charge in [-0.2, -0.15) is 13.2 Å². The second-order valence-electron chi connectivity index (χ2n) is 6.59. The zero-order valence-electron chi connectivity index (χ0n) is 13.9. The molecular weight excluding hydrogens is 339 g/mol. The molecule has 1 aliphatic rings. The van der Waals surface area contributed by atoms with Crippen molar-refractivity contribution < 1.29 is 18.3 Å². The van der Waals surface area contributed by atoms with Crippen molar-refractivity contribution in [2.75, 3.05) is 13.1 Å². The van der Waals surface area contributed by atoms with E-state index in [4.69, 9.17) is 0 Å². The molecule has 1 heterocycles. The highest BCUT2D eigenvalue weighted by molar-refractivity contribution is 5.28. The SMILES string of the molecule is C.OC1CCN(CCc2ccccc2)C(c2cccc(C(F)(F)F)c2)C1. The molecule has 0 saturated carbocycles. The van der Waals surface area contributed by atoms with Crippen molar-refractivity contribution in [3.8, 4) is 0 Å². The van der Waals surface area contributed by atoms with Crippen LogP contribution >= 0.6 is 0 Å². The van der Waals surface area contributed by atoms with Gasteiger partial charge >= 0.3 is 6.18 Å². The van der Waals surface area contributed by atoms with Gasteiger partial charge in [0, 0.05) is 19.1 Å². The van der Waals surface area contributed by atoms with Crippen molar-refractivity contribution in [3.05, 3.63) is 71.3 Å². The molecule has 2 unspecified atom stereocenters. The third kappa shape index (κ3) is 5.08. The van der Waals surface area contributed by atoms with Crippen LogP contribution < -0.4 is 0 Å². The highest BCUT2D eigenvalue weighted by Crippen LogP contribution is 2.35. The second-order valence-corrected chi connectivity index (χ2v) is 6.59. The number of alkyl halides is 3. The van der Waals surface area contributed by atoms with Gasteiger partial charge in [-0.15, -0.1) is 0 Å². The Morgan fingerprint density at radius 3 is 2.46 bits per heavy atom. The number of piperidine rings is 1. The van der Waals surface area contributed by atoms with Crippen molar-refractivity contribution in [1.29, 1.82) is 0 Å². The van der Waals surface area contributed by atoms with Gasteiger partial charge in [-0.05, 0) is 42.5 Å². The number of halogens is 3. The van der Waals surface area contributed by atoms with E-state index in [9.17, 15) is 18.3 Å². The zero-order valence-corrected chi connectivity index (χ0v) is 13.9. The van der Waals surface area contributed by atoms with Gasteiger partial charge < -0.3 is 5.11 Å². The summed E-state index contributed by atoms with van der Waals surface area (Å²) in [6.07, 6.45) is -2.85. The molecule has 2 nitrogen and oxygen atoms in total. The van der Waals surface area contributed by atoms with Crippen molar-refractivity contribution in [3.63, 3.8) is 0 Å². The van der Waals surface area contributed by atoms with Crippen LogP contribution in [0.15, 0.2) is 54.6 Å². The Morgan fingerprint density at radius 1 is 1.04 bits per heavy atom. The summed E-state index contributed by atoms with van der Waals surface area (Å²) in [7, 11) is 0. The number of nitrogens with zero attached hydrogens (tertiary/aromatic N) is 1. The standard InChI is InChI=1S/C20H22F3NO.CH4/c21-20(22,23)17-8-4-7-16(13-17)19-14-18(25)10-12-24(19)11-9-15-5-2-1-3-6-15;/h1-8,13,18-19,25H,9-12,14H2;1H4. The summed E-state index contributed by atoms with van der Waals surface area (Å²) in [5.74, 6) is 0. The average Bonchev–Trinajstić information content (AvgIpc) is 2.61. The molecule has 1 N–H and O–H groups in total. The summed E-state index contributed by atoms with van der Waals surface area (Å²) in [6.45, 7) is 1.45. The fourth-order valence-corrected chi connectivity index (χ4v) is 3.45. The smallest absolute Gasteiger partial charge is 0.393 e. The molecule has 0 aromatic heterocycles. The first kappa shape index (κ1) is 20.5. The van der Waals surface area contributed by atoms with Crippen molar-refractivity contribution >= 4 is 0 Å². The average molecular weight is 365 g/mol. The lowest BCUT2D eigenvalue weighted by Crippen LogP contribution is -2.40. The van der Waals surface area contributed by atoms with Gasteiger partial charge in [0.15, 0.2) is 0 Å². The minimum atomic E-state index is -4.35. The number of aliphatic hydroxyl groups excluding tert-OH is 1. The maximum atomic E-state index is 13.0. The normalized spacial score (nSPS) is 21.2. The molecule has 0 bridgehead atoms. The van der Waals surface area contributed by atoms with Crippen molar-refractivity contribution in [2.45, 2.75) is 45.0 Å². The lowest BCUT2D eigenvalue weighted by Gasteiger charge is -2.38. The predicted octanol–water partition coefficient (Wildman–Crippen LogP) is 5.08. The second kappa shape index (κ2) is 8.69. The van der Waals surface area contributed by atoms with E-state index in [0.717, 1.165) is 19.0 Å². The van der Waals surface area contributed by atoms with E-state index in [1.54, 1.807) is 6.07 Å². The Morgan fingerprint density at radius 2 is 1.77 bits per heavy atom. The number of rotatable bonds is 4. The molecule has 0 spiro atoms. The minimum absolute atomic E-state index is 0. The van der Waals surface area contributed by atoms with Gasteiger partial charge in [-0.3, -0.25) is 4.90 Å². The van der Waals surface area contributed by atoms with Crippen molar-refractivity contribution in [2.24, 2.45) is 0 Å². The van der Waals surface area contributed by atoms with Crippen LogP contribution in [0.3, 0.4) is 0 Å². The van der Waals surface area contributed by atoms with Crippen LogP contribution in [0.2, 0.25) is 0 Å². The van der Waals surface area contributed by atoms with E-state index in [2.05, 4.69) is 17.0 Å². The molecule has 1 fully saturated rings. The predicted molar refractivity (Wildman–Crippen MR) is 97.9 cm³/mol. The molecule has 3 rings (SSSR count). The number of likely N-dealkylation sites (tertiary alicyclic amines) is 1. The Bertz CT molecular complexity index is 687. The van der Waals surface area contributed by atoms with Crippen LogP contribution in [0.4, 0.5) is 13.2 Å². The molecule has 5 heteroatoms. The molecule has 1 aliphatic heterocycles. The van der Waals surface area contributed by atoms with Gasteiger partial charge in [-0.25, -0.2) is 0 Å². The Kier molecular flexibility index (Phi) is 6.84. The fourth-order valence-electron chi connectivity index (χ4n) is 3.45. The maximum Gasteiger partial charge on any atom is 0.416 e. The third-order valence-corrected chi connectivity index (χ3v) is 4.81. The Labute approximate surface area is 153 Å². The van der Waals surface area contributed by atoms with E-state index in [0.29, 0.717) is 24.9 Å². The summed E-state index contributed by atoms with van der Waals surface area (Å²) in [4.78, 5) is 2.19. The minimum Gasteiger partial charge on any atom is -0.393 e. The molecule has 2 aromatic rings. The number of hydrogen-bond acceptors (Lipinski definition) is 2. The van der Waals surface area contributed by atoms with Gasteiger partial charge in [0.05, 0.1) is 11.7 Å². The zero-order chi connectivity index (χ0) is 17.9. The van der Waals surface area contributed by atoms with Crippen LogP contribution in [0, 0.1) is 0 Å². The lowest BCUT2D eigenvalue weighted by atomic mass is 9.92. The van der Waals surface area contributed by atoms with Crippen molar-refractivity contribution in [1.82, 2.24) is 4.90 Å². The summed E-state index contributed by atoms with van der Waals surface area (Å²) < 4.78 is 39.0. The molecular formula is C21H26F3NO. The topological polar surface area (TPSA) is 23.5 Å². The van der Waals surface area contributed by atoms with Crippen LogP contribution in [0.1, 0.15) is 43.0 Å². The van der Waals surface area contributed by atoms with E-state index in [1.165, 1.54) is 17.7 Å². The molecule has 26 heavy (non-hydrogen) atoms. The monoisotopic (exact) mass is 365 g/mol. The van der Waals surface area contributed by atoms with Gasteiger partial charge in [-0.1, -0.05) is 49.9 Å². The summed E-state index contributed by atoms with van der Waals surface area (Å²) in [5, 5.41) is 10.0. The van der Waals surface area contributed by atoms with Crippen LogP contribution in [-0.2, 0) is 12.6 Å². The molecule has 0 amide bonds. The molecule has 0 radical (unpaired) electrons. The molecule has 142 valence electrons. The van der Waals surface area contributed by atoms with E-state index < -0.39 is 17.8 Å². The first-order chi connectivity index (χ1) is 11.9. The quantitative estimate of drug-likeness (QED) is 0.817. The first-order valence-corrected chi connectivity index (χ1v) is 8.56. The van der Waals surface area contributed by atoms with E-state index in [-0.39, 0.29) is 13.5 Å². The number of aliphatic hydroxyl groups is 1. The van der Waals surface area contributed by atoms with E-state index >= 15 is 0 Å². The highest BCUT2D eigenvalue weighted by Gasteiger charge is 2.33. The molecule has 1 saturated heterocycles. The Hall–Kier alpha value is -1.85. The summed E-state index contributed by atoms with van der Waals surface area (Å²) >= 11 is 0. The number of benzene rings is 2. The molecule has 0 aliphatic carbocycles. The molecule has 2 atom stereocenters. The first-order valence-electron chi connectivity index (χ1n) is 8.56. The summed E-state index contributed by atoms with van der Waals surface area (Å²) in [6, 6.07) is 15.4. The van der Waals surface area contributed by atoms with Gasteiger partial charge in [0.25, 0.3) is 0 Å². The summed E-state index contributed by atoms with van der Waals surface area (Å²) in [5.41, 5.74) is 1.20. The fraction of sp³-hybridized carbons (Fsp3) is 0.429. The van der Waals surface area contributed by atoms with Gasteiger partial charge in [0.2, 0.25) is 0 Å². The van der Waals surface area contributed by atoms with Gasteiger partial charge in [0.1, 0.15) is 0 Å². The Balaban J connectivity index is 0.00000243. The maximum absolute atomic E-state index is 13.0. The highest BCUT2D eigenvalue weighted by atomic mass is 19.4. The van der Waals surface area contributed by atoms with Crippen LogP contribution in [0.25, 0.3) is 0 Å². The third-order valence-electron chi connectivity index (χ3n) is 4.81. The van der Waals surface area contributed by atoms with Crippen LogP contribution in [0.5, 0.6) is 0 Å². The largest absolute Gasteiger partial charge is 0.416 e.